The number of rotatable bonds is 8. The highest BCUT2D eigenvalue weighted by molar-refractivity contribution is 7.98. The standard InChI is InChI=1S/C7H11NO6S2/c9-5(10)1-4(7(13)14)16-8-3(2-15)6(11)12/h3-4,8,15H,1-2H2,(H,9,10)(H,11,12)(H,13,14)/t3-,4?/m0/s1. The van der Waals surface area contributed by atoms with Crippen LogP contribution in [0.3, 0.4) is 0 Å². The first-order valence-electron chi connectivity index (χ1n) is 4.08. The molecule has 0 amide bonds. The fraction of sp³-hybridized carbons (Fsp3) is 0.571. The summed E-state index contributed by atoms with van der Waals surface area (Å²) in [5.74, 6) is -3.79. The molecule has 0 saturated carbocycles. The molecular formula is C7H11NO6S2. The quantitative estimate of drug-likeness (QED) is 0.296. The van der Waals surface area contributed by atoms with E-state index < -0.39 is 35.6 Å². The third kappa shape index (κ3) is 5.83. The van der Waals surface area contributed by atoms with Gasteiger partial charge in [-0.2, -0.15) is 12.6 Å². The van der Waals surface area contributed by atoms with Crippen LogP contribution in [0.5, 0.6) is 0 Å². The molecule has 0 radical (unpaired) electrons. The van der Waals surface area contributed by atoms with E-state index in [1.165, 1.54) is 0 Å². The maximum atomic E-state index is 10.6. The predicted molar refractivity (Wildman–Crippen MR) is 59.7 cm³/mol. The van der Waals surface area contributed by atoms with Gasteiger partial charge in [-0.15, -0.1) is 0 Å². The molecule has 92 valence electrons. The Kier molecular flexibility index (Phi) is 6.93. The number of carboxylic acids is 3. The fourth-order valence-corrected chi connectivity index (χ4v) is 1.88. The average Bonchev–Trinajstić information content (AvgIpc) is 2.15. The van der Waals surface area contributed by atoms with Gasteiger partial charge in [0.05, 0.1) is 6.42 Å². The van der Waals surface area contributed by atoms with Crippen LogP contribution in [0.2, 0.25) is 0 Å². The lowest BCUT2D eigenvalue weighted by atomic mass is 10.3. The second-order valence-corrected chi connectivity index (χ2v) is 4.14. The van der Waals surface area contributed by atoms with Crippen LogP contribution in [0.25, 0.3) is 0 Å². The van der Waals surface area contributed by atoms with Crippen LogP contribution in [0.4, 0.5) is 0 Å². The van der Waals surface area contributed by atoms with E-state index in [9.17, 15) is 14.4 Å². The molecule has 4 N–H and O–H groups in total. The zero-order valence-corrected chi connectivity index (χ0v) is 9.70. The maximum absolute atomic E-state index is 10.6. The molecular weight excluding hydrogens is 258 g/mol. The van der Waals surface area contributed by atoms with Crippen molar-refractivity contribution >= 4 is 42.5 Å². The molecule has 0 aromatic rings. The van der Waals surface area contributed by atoms with E-state index >= 15 is 0 Å². The largest absolute Gasteiger partial charge is 0.481 e. The second-order valence-electron chi connectivity index (χ2n) is 2.73. The van der Waals surface area contributed by atoms with Crippen molar-refractivity contribution in [1.29, 1.82) is 0 Å². The summed E-state index contributed by atoms with van der Waals surface area (Å²) >= 11 is 4.32. The van der Waals surface area contributed by atoms with Crippen LogP contribution in [0.15, 0.2) is 0 Å². The lowest BCUT2D eigenvalue weighted by molar-refractivity contribution is -0.143. The summed E-state index contributed by atoms with van der Waals surface area (Å²) in [7, 11) is 0. The zero-order chi connectivity index (χ0) is 12.7. The van der Waals surface area contributed by atoms with E-state index in [1.54, 1.807) is 0 Å². The number of carboxylic acid groups (broad SMARTS) is 3. The van der Waals surface area contributed by atoms with Gasteiger partial charge in [-0.25, -0.2) is 4.72 Å². The summed E-state index contributed by atoms with van der Waals surface area (Å²) in [5, 5.41) is 24.5. The predicted octanol–water partition coefficient (Wildman–Crippen LogP) is -0.465. The molecule has 0 aromatic carbocycles. The van der Waals surface area contributed by atoms with E-state index in [4.69, 9.17) is 15.3 Å². The van der Waals surface area contributed by atoms with Crippen LogP contribution < -0.4 is 4.72 Å². The van der Waals surface area contributed by atoms with Gasteiger partial charge in [0, 0.05) is 5.75 Å². The zero-order valence-electron chi connectivity index (χ0n) is 7.99. The molecule has 0 bridgehead atoms. The first kappa shape index (κ1) is 15.1. The van der Waals surface area contributed by atoms with Gasteiger partial charge < -0.3 is 15.3 Å². The maximum Gasteiger partial charge on any atom is 0.322 e. The van der Waals surface area contributed by atoms with Gasteiger partial charge in [0.1, 0.15) is 11.3 Å². The van der Waals surface area contributed by atoms with Crippen LogP contribution in [0.1, 0.15) is 6.42 Å². The highest BCUT2D eigenvalue weighted by Crippen LogP contribution is 2.13. The molecule has 0 aliphatic rings. The number of nitrogens with one attached hydrogen (secondary N) is 1. The summed E-state index contributed by atoms with van der Waals surface area (Å²) in [6.07, 6.45) is -0.591. The Bertz CT molecular complexity index is 284. The Morgan fingerprint density at radius 1 is 1.19 bits per heavy atom. The molecule has 0 fully saturated rings. The van der Waals surface area contributed by atoms with E-state index in [1.807, 2.05) is 0 Å². The van der Waals surface area contributed by atoms with Gasteiger partial charge in [-0.1, -0.05) is 11.9 Å². The van der Waals surface area contributed by atoms with Gasteiger partial charge in [0.25, 0.3) is 0 Å². The monoisotopic (exact) mass is 269 g/mol. The van der Waals surface area contributed by atoms with E-state index in [-0.39, 0.29) is 5.75 Å². The van der Waals surface area contributed by atoms with Crippen molar-refractivity contribution in [3.05, 3.63) is 0 Å². The molecule has 16 heavy (non-hydrogen) atoms. The van der Waals surface area contributed by atoms with Gasteiger partial charge in [0.2, 0.25) is 0 Å². The van der Waals surface area contributed by atoms with Crippen molar-refractivity contribution in [3.8, 4) is 0 Å². The van der Waals surface area contributed by atoms with Crippen LogP contribution in [-0.2, 0) is 14.4 Å². The topological polar surface area (TPSA) is 124 Å². The van der Waals surface area contributed by atoms with Crippen molar-refractivity contribution in [2.24, 2.45) is 0 Å². The minimum atomic E-state index is -1.32. The van der Waals surface area contributed by atoms with Gasteiger partial charge in [0.15, 0.2) is 0 Å². The molecule has 0 saturated heterocycles. The summed E-state index contributed by atoms with van der Waals surface area (Å²) < 4.78 is 2.35. The van der Waals surface area contributed by atoms with Gasteiger partial charge in [-0.3, -0.25) is 14.4 Å². The average molecular weight is 269 g/mol. The molecule has 0 aliphatic heterocycles. The summed E-state index contributed by atoms with van der Waals surface area (Å²) in [5.41, 5.74) is 0. The van der Waals surface area contributed by atoms with Crippen LogP contribution in [-0.4, -0.2) is 50.3 Å². The Hall–Kier alpha value is -0.930. The minimum Gasteiger partial charge on any atom is -0.481 e. The molecule has 9 heteroatoms. The first-order valence-corrected chi connectivity index (χ1v) is 5.59. The molecule has 0 rings (SSSR count). The smallest absolute Gasteiger partial charge is 0.322 e. The highest BCUT2D eigenvalue weighted by atomic mass is 32.2. The SMILES string of the molecule is O=C(O)CC(SN[C@@H](CS)C(=O)O)C(=O)O. The third-order valence-electron chi connectivity index (χ3n) is 1.47. The molecule has 0 heterocycles. The molecule has 2 atom stereocenters. The normalized spacial score (nSPS) is 14.1. The number of thiol groups is 1. The van der Waals surface area contributed by atoms with Crippen LogP contribution >= 0.6 is 24.6 Å². The highest BCUT2D eigenvalue weighted by Gasteiger charge is 2.24. The van der Waals surface area contributed by atoms with Gasteiger partial charge >= 0.3 is 17.9 Å². The van der Waals surface area contributed by atoms with Crippen LogP contribution in [0, 0.1) is 0 Å². The molecule has 0 aromatic heterocycles. The second kappa shape index (κ2) is 7.36. The Morgan fingerprint density at radius 2 is 1.75 bits per heavy atom. The molecule has 0 spiro atoms. The number of hydrogen-bond acceptors (Lipinski definition) is 6. The Morgan fingerprint density at radius 3 is 2.06 bits per heavy atom. The van der Waals surface area contributed by atoms with E-state index in [2.05, 4.69) is 17.4 Å². The lowest BCUT2D eigenvalue weighted by Crippen LogP contribution is -2.37. The van der Waals surface area contributed by atoms with Crippen molar-refractivity contribution < 1.29 is 29.7 Å². The van der Waals surface area contributed by atoms with Crippen molar-refractivity contribution in [2.45, 2.75) is 17.7 Å². The molecule has 1 unspecified atom stereocenters. The van der Waals surface area contributed by atoms with E-state index in [0.29, 0.717) is 11.9 Å². The van der Waals surface area contributed by atoms with E-state index in [0.717, 1.165) is 0 Å². The van der Waals surface area contributed by atoms with Crippen molar-refractivity contribution in [2.75, 3.05) is 5.75 Å². The fourth-order valence-electron chi connectivity index (χ4n) is 0.668. The van der Waals surface area contributed by atoms with Crippen molar-refractivity contribution in [1.82, 2.24) is 4.72 Å². The number of carbonyl (C=O) groups is 3. The third-order valence-corrected chi connectivity index (χ3v) is 2.91. The molecule has 7 nitrogen and oxygen atoms in total. The van der Waals surface area contributed by atoms with Gasteiger partial charge in [-0.05, 0) is 0 Å². The number of hydrogen-bond donors (Lipinski definition) is 5. The summed E-state index contributed by atoms with van der Waals surface area (Å²) in [4.78, 5) is 31.5. The Labute approximate surface area is 101 Å². The Balaban J connectivity index is 4.25. The molecule has 0 aliphatic carbocycles. The van der Waals surface area contributed by atoms with Crippen molar-refractivity contribution in [3.63, 3.8) is 0 Å². The summed E-state index contributed by atoms with van der Waals surface area (Å²) in [6, 6.07) is -1.02. The summed E-state index contributed by atoms with van der Waals surface area (Å²) in [6.45, 7) is 0. The lowest BCUT2D eigenvalue weighted by Gasteiger charge is -2.14. The number of aliphatic carboxylic acids is 3. The first-order chi connectivity index (χ1) is 7.38. The minimum absolute atomic E-state index is 0.0260.